The number of anilines is 1. The summed E-state index contributed by atoms with van der Waals surface area (Å²) >= 11 is 0. The molecule has 7 nitrogen and oxygen atoms in total. The van der Waals surface area contributed by atoms with Crippen molar-refractivity contribution in [3.63, 3.8) is 0 Å². The van der Waals surface area contributed by atoms with Gasteiger partial charge in [0.15, 0.2) is 5.78 Å². The highest BCUT2D eigenvalue weighted by atomic mass is 32.2. The Morgan fingerprint density at radius 3 is 2.42 bits per heavy atom. The van der Waals surface area contributed by atoms with Gasteiger partial charge in [0.05, 0.1) is 19.6 Å². The number of benzene rings is 1. The van der Waals surface area contributed by atoms with Crippen molar-refractivity contribution in [2.75, 3.05) is 18.1 Å². The van der Waals surface area contributed by atoms with Gasteiger partial charge in [-0.3, -0.25) is 9.52 Å². The first-order chi connectivity index (χ1) is 11.3. The van der Waals surface area contributed by atoms with E-state index in [0.29, 0.717) is 16.8 Å². The zero-order valence-corrected chi connectivity index (χ0v) is 13.8. The van der Waals surface area contributed by atoms with Crippen LogP contribution in [0.1, 0.15) is 26.5 Å². The smallest absolute Gasteiger partial charge is 0.374 e. The lowest BCUT2D eigenvalue weighted by Crippen LogP contribution is -2.09. The molecule has 0 atom stereocenters. The van der Waals surface area contributed by atoms with E-state index in [0.717, 1.165) is 6.26 Å². The topological polar surface area (TPSA) is 103 Å². The molecule has 0 spiro atoms. The van der Waals surface area contributed by atoms with Crippen molar-refractivity contribution in [1.82, 2.24) is 0 Å². The molecule has 0 aliphatic rings. The molecule has 2 rings (SSSR count). The van der Waals surface area contributed by atoms with Crippen LogP contribution in [0.5, 0.6) is 0 Å². The second-order valence-electron chi connectivity index (χ2n) is 4.85. The van der Waals surface area contributed by atoms with E-state index in [-0.39, 0.29) is 11.5 Å². The van der Waals surface area contributed by atoms with Crippen LogP contribution in [0, 0.1) is 0 Å². The van der Waals surface area contributed by atoms with E-state index in [1.165, 1.54) is 55.9 Å². The first-order valence-corrected chi connectivity index (χ1v) is 8.65. The zero-order chi connectivity index (χ0) is 17.7. The molecule has 1 N–H and O–H groups in total. The molecule has 0 fully saturated rings. The maximum atomic E-state index is 12.1. The van der Waals surface area contributed by atoms with Gasteiger partial charge >= 0.3 is 5.97 Å². The molecule has 2 aromatic rings. The average molecular weight is 349 g/mol. The number of hydrogen-bond acceptors (Lipinski definition) is 6. The Balaban J connectivity index is 2.13. The van der Waals surface area contributed by atoms with E-state index in [1.54, 1.807) is 0 Å². The van der Waals surface area contributed by atoms with Gasteiger partial charge in [-0.1, -0.05) is 0 Å². The molecule has 8 heteroatoms. The number of carbonyl (C=O) groups excluding carboxylic acids is 2. The second kappa shape index (κ2) is 7.14. The minimum absolute atomic E-state index is 0.00857. The number of nitrogens with one attached hydrogen (secondary N) is 1. The fourth-order valence-electron chi connectivity index (χ4n) is 1.89. The van der Waals surface area contributed by atoms with E-state index < -0.39 is 16.0 Å². The van der Waals surface area contributed by atoms with Gasteiger partial charge in [-0.05, 0) is 42.5 Å². The molecule has 1 aromatic carbocycles. The van der Waals surface area contributed by atoms with Crippen molar-refractivity contribution < 1.29 is 27.2 Å². The minimum atomic E-state index is -3.37. The lowest BCUT2D eigenvalue weighted by molar-refractivity contribution is 0.0564. The molecule has 0 saturated carbocycles. The van der Waals surface area contributed by atoms with E-state index in [1.807, 2.05) is 0 Å². The maximum Gasteiger partial charge on any atom is 0.374 e. The number of furan rings is 1. The summed E-state index contributed by atoms with van der Waals surface area (Å²) in [6.07, 6.45) is 5.09. The Hall–Kier alpha value is -2.87. The van der Waals surface area contributed by atoms with Crippen LogP contribution in [0.25, 0.3) is 6.08 Å². The Bertz CT molecular complexity index is 878. The lowest BCUT2D eigenvalue weighted by atomic mass is 10.1. The van der Waals surface area contributed by atoms with Crippen LogP contribution in [0.3, 0.4) is 0 Å². The number of methoxy groups -OCH3 is 1. The van der Waals surface area contributed by atoms with Crippen LogP contribution in [0.15, 0.2) is 47.1 Å². The summed E-state index contributed by atoms with van der Waals surface area (Å²) in [5.41, 5.74) is 1.15. The van der Waals surface area contributed by atoms with Gasteiger partial charge in [-0.25, -0.2) is 13.2 Å². The standard InChI is InChI=1S/C16H15NO6S/c1-22-16(19)15-12(9-10-23-15)5-8-14(18)11-3-6-13(7-4-11)17-24(2,20)21/h3-10,17H,1-2H3/b8-5+. The fourth-order valence-corrected chi connectivity index (χ4v) is 2.45. The molecule has 24 heavy (non-hydrogen) atoms. The summed E-state index contributed by atoms with van der Waals surface area (Å²) in [4.78, 5) is 23.6. The molecule has 126 valence electrons. The molecule has 0 aliphatic carbocycles. The number of ether oxygens (including phenoxy) is 1. The molecule has 0 aliphatic heterocycles. The predicted molar refractivity (Wildman–Crippen MR) is 88.3 cm³/mol. The second-order valence-corrected chi connectivity index (χ2v) is 6.59. The highest BCUT2D eigenvalue weighted by Gasteiger charge is 2.14. The summed E-state index contributed by atoms with van der Waals surface area (Å²) in [7, 11) is -2.14. The number of carbonyl (C=O) groups is 2. The van der Waals surface area contributed by atoms with Gasteiger partial charge in [-0.15, -0.1) is 0 Å². The summed E-state index contributed by atoms with van der Waals surface area (Å²) < 4.78 is 34.2. The first kappa shape index (κ1) is 17.5. The van der Waals surface area contributed by atoms with Crippen molar-refractivity contribution in [3.05, 3.63) is 59.6 Å². The molecule has 1 heterocycles. The Morgan fingerprint density at radius 2 is 1.83 bits per heavy atom. The molecular formula is C16H15NO6S. The fraction of sp³-hybridized carbons (Fsp3) is 0.125. The summed E-state index contributed by atoms with van der Waals surface area (Å²) in [5.74, 6) is -0.935. The zero-order valence-electron chi connectivity index (χ0n) is 13.0. The monoisotopic (exact) mass is 349 g/mol. The third-order valence-corrected chi connectivity index (χ3v) is 3.56. The van der Waals surface area contributed by atoms with Crippen LogP contribution in [0.4, 0.5) is 5.69 Å². The normalized spacial score (nSPS) is 11.4. The Morgan fingerprint density at radius 1 is 1.17 bits per heavy atom. The first-order valence-electron chi connectivity index (χ1n) is 6.76. The molecule has 0 unspecified atom stereocenters. The molecule has 0 bridgehead atoms. The average Bonchev–Trinajstić information content (AvgIpc) is 2.99. The lowest BCUT2D eigenvalue weighted by Gasteiger charge is -2.03. The van der Waals surface area contributed by atoms with Crippen LogP contribution in [-0.2, 0) is 14.8 Å². The van der Waals surface area contributed by atoms with Crippen molar-refractivity contribution in [1.29, 1.82) is 0 Å². The van der Waals surface area contributed by atoms with Gasteiger partial charge < -0.3 is 9.15 Å². The van der Waals surface area contributed by atoms with Gasteiger partial charge in [-0.2, -0.15) is 0 Å². The van der Waals surface area contributed by atoms with Crippen LogP contribution >= 0.6 is 0 Å². The van der Waals surface area contributed by atoms with Gasteiger partial charge in [0.1, 0.15) is 0 Å². The van der Waals surface area contributed by atoms with E-state index in [2.05, 4.69) is 9.46 Å². The third kappa shape index (κ3) is 4.56. The van der Waals surface area contributed by atoms with E-state index in [4.69, 9.17) is 4.42 Å². The largest absolute Gasteiger partial charge is 0.463 e. The predicted octanol–water partition coefficient (Wildman–Crippen LogP) is 2.33. The highest BCUT2D eigenvalue weighted by Crippen LogP contribution is 2.15. The SMILES string of the molecule is COC(=O)c1occc1/C=C/C(=O)c1ccc(NS(C)(=O)=O)cc1. The molecule has 0 saturated heterocycles. The maximum absolute atomic E-state index is 12.1. The van der Waals surface area contributed by atoms with Crippen LogP contribution in [-0.4, -0.2) is 33.5 Å². The number of esters is 1. The third-order valence-electron chi connectivity index (χ3n) is 2.95. The molecule has 0 radical (unpaired) electrons. The highest BCUT2D eigenvalue weighted by molar-refractivity contribution is 7.92. The van der Waals surface area contributed by atoms with Gasteiger partial charge in [0.25, 0.3) is 0 Å². The summed E-state index contributed by atoms with van der Waals surface area (Å²) in [5, 5.41) is 0. The number of allylic oxidation sites excluding steroid dienone is 1. The van der Waals surface area contributed by atoms with Crippen molar-refractivity contribution in [2.24, 2.45) is 0 Å². The van der Waals surface area contributed by atoms with Crippen molar-refractivity contribution in [2.45, 2.75) is 0 Å². The van der Waals surface area contributed by atoms with Crippen LogP contribution in [0.2, 0.25) is 0 Å². The minimum Gasteiger partial charge on any atom is -0.463 e. The van der Waals surface area contributed by atoms with Crippen LogP contribution < -0.4 is 4.72 Å². The number of ketones is 1. The van der Waals surface area contributed by atoms with E-state index >= 15 is 0 Å². The molecule has 1 aromatic heterocycles. The van der Waals surface area contributed by atoms with Crippen molar-refractivity contribution >= 4 is 33.5 Å². The van der Waals surface area contributed by atoms with Crippen molar-refractivity contribution in [3.8, 4) is 0 Å². The number of hydrogen-bond donors (Lipinski definition) is 1. The summed E-state index contributed by atoms with van der Waals surface area (Å²) in [6.45, 7) is 0. The summed E-state index contributed by atoms with van der Waals surface area (Å²) in [6, 6.07) is 7.50. The number of sulfonamides is 1. The van der Waals surface area contributed by atoms with Gasteiger partial charge in [0, 0.05) is 16.8 Å². The van der Waals surface area contributed by atoms with E-state index in [9.17, 15) is 18.0 Å². The Kier molecular flexibility index (Phi) is 5.20. The Labute approximate surface area is 139 Å². The van der Waals surface area contributed by atoms with Gasteiger partial charge in [0.2, 0.25) is 15.8 Å². The molecule has 0 amide bonds. The molecular weight excluding hydrogens is 334 g/mol. The quantitative estimate of drug-likeness (QED) is 0.488. The number of rotatable bonds is 6.